The number of fused-ring (bicyclic) bond motifs is 1. The van der Waals surface area contributed by atoms with Crippen LogP contribution < -0.4 is 0 Å². The van der Waals surface area contributed by atoms with Gasteiger partial charge in [-0.2, -0.15) is 0 Å². The molecule has 0 heterocycles. The Morgan fingerprint density at radius 2 is 2.07 bits per heavy atom. The van der Waals surface area contributed by atoms with Crippen LogP contribution in [0.25, 0.3) is 0 Å². The van der Waals surface area contributed by atoms with Crippen molar-refractivity contribution in [2.75, 3.05) is 0 Å². The zero-order valence-electron chi connectivity index (χ0n) is 8.62. The molecule has 0 fully saturated rings. The third-order valence-electron chi connectivity index (χ3n) is 3.00. The maximum Gasteiger partial charge on any atom is 0.163 e. The van der Waals surface area contributed by atoms with Crippen LogP contribution in [0.1, 0.15) is 42.1 Å². The van der Waals surface area contributed by atoms with Crippen molar-refractivity contribution in [2.45, 2.75) is 32.6 Å². The molecule has 0 unspecified atom stereocenters. The smallest absolute Gasteiger partial charge is 0.163 e. The number of carbonyl (C=O) groups excluding carboxylic acids is 1. The Morgan fingerprint density at radius 1 is 1.29 bits per heavy atom. The molecule has 1 aromatic carbocycles. The number of carbonyl (C=O) groups is 1. The molecule has 0 N–H and O–H groups in total. The largest absolute Gasteiger partial charge is 0.294 e. The fourth-order valence-electron chi connectivity index (χ4n) is 2.34. The summed E-state index contributed by atoms with van der Waals surface area (Å²) in [6.45, 7) is 2.19. The van der Waals surface area contributed by atoms with Gasteiger partial charge in [0.25, 0.3) is 0 Å². The van der Waals surface area contributed by atoms with Gasteiger partial charge in [0, 0.05) is 12.0 Å². The van der Waals surface area contributed by atoms with Crippen LogP contribution >= 0.6 is 0 Å². The summed E-state index contributed by atoms with van der Waals surface area (Å²) in [5.74, 6) is 0.924. The lowest BCUT2D eigenvalue weighted by atomic mass is 9.81. The van der Waals surface area contributed by atoms with Crippen LogP contribution in [0.2, 0.25) is 0 Å². The molecule has 0 bridgehead atoms. The van der Waals surface area contributed by atoms with Gasteiger partial charge in [-0.05, 0) is 24.3 Å². The number of hydrogen-bond donors (Lipinski definition) is 0. The van der Waals surface area contributed by atoms with Crippen molar-refractivity contribution in [3.63, 3.8) is 0 Å². The first-order valence-electron chi connectivity index (χ1n) is 5.42. The SMILES string of the molecule is CCC[C@H]1CC(=O)c2ccccc2C1. The second-order valence-corrected chi connectivity index (χ2v) is 4.14. The Balaban J connectivity index is 2.24. The maximum atomic E-state index is 11.8. The Bertz CT molecular complexity index is 341. The highest BCUT2D eigenvalue weighted by Crippen LogP contribution is 2.27. The molecule has 1 aliphatic rings. The van der Waals surface area contributed by atoms with Crippen molar-refractivity contribution in [2.24, 2.45) is 5.92 Å². The van der Waals surface area contributed by atoms with Crippen molar-refractivity contribution in [1.29, 1.82) is 0 Å². The number of rotatable bonds is 2. The number of Topliss-reactive ketones (excluding diaryl/α,β-unsaturated/α-hetero) is 1. The molecule has 1 heteroatoms. The maximum absolute atomic E-state index is 11.8. The molecule has 0 aromatic heterocycles. The van der Waals surface area contributed by atoms with Gasteiger partial charge in [-0.15, -0.1) is 0 Å². The van der Waals surface area contributed by atoms with E-state index in [9.17, 15) is 4.79 Å². The molecule has 14 heavy (non-hydrogen) atoms. The molecule has 74 valence electrons. The summed E-state index contributed by atoms with van der Waals surface area (Å²) in [6, 6.07) is 8.03. The van der Waals surface area contributed by atoms with Gasteiger partial charge in [-0.25, -0.2) is 0 Å². The van der Waals surface area contributed by atoms with Gasteiger partial charge in [-0.1, -0.05) is 37.6 Å². The summed E-state index contributed by atoms with van der Waals surface area (Å²) in [7, 11) is 0. The summed E-state index contributed by atoms with van der Waals surface area (Å²) >= 11 is 0. The van der Waals surface area contributed by atoms with Crippen molar-refractivity contribution >= 4 is 5.78 Å². The molecule has 1 aromatic rings. The summed E-state index contributed by atoms with van der Waals surface area (Å²) < 4.78 is 0. The van der Waals surface area contributed by atoms with E-state index in [2.05, 4.69) is 13.0 Å². The van der Waals surface area contributed by atoms with E-state index in [0.717, 1.165) is 18.4 Å². The van der Waals surface area contributed by atoms with E-state index >= 15 is 0 Å². The first kappa shape index (κ1) is 9.45. The quantitative estimate of drug-likeness (QED) is 0.696. The Labute approximate surface area is 85.1 Å². The molecule has 0 amide bonds. The Morgan fingerprint density at radius 3 is 2.86 bits per heavy atom. The van der Waals surface area contributed by atoms with Crippen molar-refractivity contribution < 1.29 is 4.79 Å². The summed E-state index contributed by atoms with van der Waals surface area (Å²) in [5, 5.41) is 0. The first-order valence-corrected chi connectivity index (χ1v) is 5.42. The van der Waals surface area contributed by atoms with Gasteiger partial charge in [0.05, 0.1) is 0 Å². The van der Waals surface area contributed by atoms with E-state index in [-0.39, 0.29) is 0 Å². The van der Waals surface area contributed by atoms with Gasteiger partial charge < -0.3 is 0 Å². The number of benzene rings is 1. The predicted molar refractivity (Wildman–Crippen MR) is 57.5 cm³/mol. The number of hydrogen-bond acceptors (Lipinski definition) is 1. The standard InChI is InChI=1S/C13H16O/c1-2-5-10-8-11-6-3-4-7-12(11)13(14)9-10/h3-4,6-7,10H,2,5,8-9H2,1H3/t10-/m1/s1. The average Bonchev–Trinajstić information content (AvgIpc) is 2.18. The molecule has 1 atom stereocenters. The molecule has 2 rings (SSSR count). The third-order valence-corrected chi connectivity index (χ3v) is 3.00. The van der Waals surface area contributed by atoms with Crippen LogP contribution in [0.4, 0.5) is 0 Å². The van der Waals surface area contributed by atoms with Crippen molar-refractivity contribution in [1.82, 2.24) is 0 Å². The lowest BCUT2D eigenvalue weighted by molar-refractivity contribution is 0.0946. The van der Waals surface area contributed by atoms with E-state index in [0.29, 0.717) is 11.7 Å². The van der Waals surface area contributed by atoms with E-state index < -0.39 is 0 Å². The second-order valence-electron chi connectivity index (χ2n) is 4.14. The average molecular weight is 188 g/mol. The minimum atomic E-state index is 0.338. The van der Waals surface area contributed by atoms with Crippen molar-refractivity contribution in [3.05, 3.63) is 35.4 Å². The lowest BCUT2D eigenvalue weighted by Gasteiger charge is -2.22. The van der Waals surface area contributed by atoms with Crippen LogP contribution in [0.5, 0.6) is 0 Å². The highest BCUT2D eigenvalue weighted by Gasteiger charge is 2.23. The summed E-state index contributed by atoms with van der Waals surface area (Å²) in [6.07, 6.45) is 4.21. The lowest BCUT2D eigenvalue weighted by Crippen LogP contribution is -2.19. The molecular formula is C13H16O. The van der Waals surface area contributed by atoms with Gasteiger partial charge in [0.1, 0.15) is 0 Å². The zero-order chi connectivity index (χ0) is 9.97. The molecule has 0 saturated heterocycles. The van der Waals surface area contributed by atoms with Crippen LogP contribution in [-0.4, -0.2) is 5.78 Å². The van der Waals surface area contributed by atoms with E-state index in [1.807, 2.05) is 18.2 Å². The summed E-state index contributed by atoms with van der Waals surface area (Å²) in [5.41, 5.74) is 2.21. The van der Waals surface area contributed by atoms with Gasteiger partial charge >= 0.3 is 0 Å². The predicted octanol–water partition coefficient (Wildman–Crippen LogP) is 3.23. The minimum absolute atomic E-state index is 0.338. The highest BCUT2D eigenvalue weighted by atomic mass is 16.1. The summed E-state index contributed by atoms with van der Waals surface area (Å²) in [4.78, 5) is 11.8. The van der Waals surface area contributed by atoms with Crippen molar-refractivity contribution in [3.8, 4) is 0 Å². The molecule has 0 aliphatic heterocycles. The third kappa shape index (κ3) is 1.72. The van der Waals surface area contributed by atoms with Gasteiger partial charge in [-0.3, -0.25) is 4.79 Å². The van der Waals surface area contributed by atoms with E-state index in [1.54, 1.807) is 0 Å². The van der Waals surface area contributed by atoms with Crippen LogP contribution in [-0.2, 0) is 6.42 Å². The number of ketones is 1. The van der Waals surface area contributed by atoms with Crippen LogP contribution in [0.3, 0.4) is 0 Å². The zero-order valence-corrected chi connectivity index (χ0v) is 8.62. The Hall–Kier alpha value is -1.11. The molecule has 1 nitrogen and oxygen atoms in total. The van der Waals surface area contributed by atoms with Crippen LogP contribution in [0.15, 0.2) is 24.3 Å². The fourth-order valence-corrected chi connectivity index (χ4v) is 2.34. The molecule has 1 aliphatic carbocycles. The van der Waals surface area contributed by atoms with E-state index in [1.165, 1.54) is 18.4 Å². The monoisotopic (exact) mass is 188 g/mol. The second kappa shape index (κ2) is 3.95. The topological polar surface area (TPSA) is 17.1 Å². The molecule has 0 radical (unpaired) electrons. The van der Waals surface area contributed by atoms with Gasteiger partial charge in [0.15, 0.2) is 5.78 Å². The normalized spacial score (nSPS) is 20.6. The van der Waals surface area contributed by atoms with E-state index in [4.69, 9.17) is 0 Å². The highest BCUT2D eigenvalue weighted by molar-refractivity contribution is 5.98. The van der Waals surface area contributed by atoms with Crippen LogP contribution in [0, 0.1) is 5.92 Å². The fraction of sp³-hybridized carbons (Fsp3) is 0.462. The molecule has 0 saturated carbocycles. The van der Waals surface area contributed by atoms with Gasteiger partial charge in [0.2, 0.25) is 0 Å². The molecule has 0 spiro atoms. The minimum Gasteiger partial charge on any atom is -0.294 e. The first-order chi connectivity index (χ1) is 6.81. The molecular weight excluding hydrogens is 172 g/mol. The Kier molecular flexibility index (Phi) is 2.67.